The molecule has 0 radical (unpaired) electrons. The molecule has 4 N–H and O–H groups in total. The second-order valence-corrected chi connectivity index (χ2v) is 3.42. The number of nitrogens with one attached hydrogen (secondary N) is 1. The van der Waals surface area contributed by atoms with E-state index < -0.39 is 11.6 Å². The summed E-state index contributed by atoms with van der Waals surface area (Å²) < 4.78 is 0. The Morgan fingerprint density at radius 1 is 1.54 bits per heavy atom. The third-order valence-corrected chi connectivity index (χ3v) is 2.27. The Balaban J connectivity index is 4.07. The maximum atomic E-state index is 11.5. The molecule has 0 unspecified atom stereocenters. The van der Waals surface area contributed by atoms with Crippen LogP contribution in [0.5, 0.6) is 0 Å². The van der Waals surface area contributed by atoms with Gasteiger partial charge >= 0.3 is 0 Å². The number of carbonyl (C=O) groups excluding carboxylic acids is 1. The van der Waals surface area contributed by atoms with Gasteiger partial charge in [0.2, 0.25) is 5.91 Å². The highest BCUT2D eigenvalue weighted by atomic mass is 16.3. The fraction of sp³-hybridized carbons (Fsp3) is 0.889. The monoisotopic (exact) mass is 188 g/mol. The summed E-state index contributed by atoms with van der Waals surface area (Å²) >= 11 is 0. The van der Waals surface area contributed by atoms with Gasteiger partial charge in [-0.05, 0) is 19.8 Å². The maximum absolute atomic E-state index is 11.5. The first kappa shape index (κ1) is 12.4. The number of amides is 1. The van der Waals surface area contributed by atoms with Crippen LogP contribution in [-0.4, -0.2) is 29.2 Å². The van der Waals surface area contributed by atoms with E-state index >= 15 is 0 Å². The highest BCUT2D eigenvalue weighted by molar-refractivity contribution is 5.85. The molecule has 0 bridgehead atoms. The van der Waals surface area contributed by atoms with Crippen LogP contribution in [0.1, 0.15) is 33.6 Å². The Morgan fingerprint density at radius 2 is 2.00 bits per heavy atom. The van der Waals surface area contributed by atoms with Gasteiger partial charge in [-0.2, -0.15) is 0 Å². The quantitative estimate of drug-likeness (QED) is 0.568. The molecule has 78 valence electrons. The van der Waals surface area contributed by atoms with Gasteiger partial charge < -0.3 is 16.2 Å². The van der Waals surface area contributed by atoms with Crippen molar-refractivity contribution in [1.29, 1.82) is 0 Å². The molecule has 0 aliphatic rings. The molecular formula is C9H20N2O2. The summed E-state index contributed by atoms with van der Waals surface area (Å²) in [6, 6.07) is 0. The average Bonchev–Trinajstić information content (AvgIpc) is 2.12. The molecular weight excluding hydrogens is 168 g/mol. The summed E-state index contributed by atoms with van der Waals surface area (Å²) in [4.78, 5) is 11.5. The van der Waals surface area contributed by atoms with E-state index in [4.69, 9.17) is 10.8 Å². The van der Waals surface area contributed by atoms with E-state index in [1.54, 1.807) is 6.92 Å². The second-order valence-electron chi connectivity index (χ2n) is 3.42. The first-order valence-electron chi connectivity index (χ1n) is 4.71. The van der Waals surface area contributed by atoms with E-state index in [0.717, 1.165) is 0 Å². The lowest BCUT2D eigenvalue weighted by atomic mass is 9.93. The number of carbonyl (C=O) groups is 1. The van der Waals surface area contributed by atoms with Crippen LogP contribution in [-0.2, 0) is 4.79 Å². The molecule has 0 saturated heterocycles. The number of aliphatic hydroxyl groups is 1. The molecule has 0 fully saturated rings. The summed E-state index contributed by atoms with van der Waals surface area (Å²) in [6.45, 7) is 5.64. The van der Waals surface area contributed by atoms with Gasteiger partial charge in [-0.3, -0.25) is 4.79 Å². The SMILES string of the molecule is CCC(N)(CC)C(=O)NC[C@H](C)O. The zero-order chi connectivity index (χ0) is 10.5. The predicted octanol–water partition coefficient (Wildman–Crippen LogP) is 0.000900. The Bertz CT molecular complexity index is 165. The smallest absolute Gasteiger partial charge is 0.240 e. The molecule has 0 spiro atoms. The topological polar surface area (TPSA) is 75.4 Å². The van der Waals surface area contributed by atoms with Crippen molar-refractivity contribution < 1.29 is 9.90 Å². The number of aliphatic hydroxyl groups excluding tert-OH is 1. The van der Waals surface area contributed by atoms with E-state index in [1.165, 1.54) is 0 Å². The van der Waals surface area contributed by atoms with Crippen molar-refractivity contribution in [3.63, 3.8) is 0 Å². The number of hydrogen-bond acceptors (Lipinski definition) is 3. The lowest BCUT2D eigenvalue weighted by Crippen LogP contribution is -2.54. The minimum absolute atomic E-state index is 0.182. The van der Waals surface area contributed by atoms with Crippen LogP contribution in [0.3, 0.4) is 0 Å². The fourth-order valence-corrected chi connectivity index (χ4v) is 0.988. The highest BCUT2D eigenvalue weighted by Crippen LogP contribution is 2.10. The van der Waals surface area contributed by atoms with E-state index in [9.17, 15) is 4.79 Å². The molecule has 0 heterocycles. The molecule has 0 aliphatic heterocycles. The van der Waals surface area contributed by atoms with Crippen molar-refractivity contribution >= 4 is 5.91 Å². The van der Waals surface area contributed by atoms with Crippen LogP contribution in [0.4, 0.5) is 0 Å². The van der Waals surface area contributed by atoms with E-state index in [2.05, 4.69) is 5.32 Å². The van der Waals surface area contributed by atoms with Gasteiger partial charge in [-0.1, -0.05) is 13.8 Å². The largest absolute Gasteiger partial charge is 0.392 e. The summed E-state index contributed by atoms with van der Waals surface area (Å²) in [7, 11) is 0. The van der Waals surface area contributed by atoms with Crippen molar-refractivity contribution in [2.24, 2.45) is 5.73 Å². The zero-order valence-electron chi connectivity index (χ0n) is 8.63. The van der Waals surface area contributed by atoms with Crippen LogP contribution in [0, 0.1) is 0 Å². The van der Waals surface area contributed by atoms with E-state index in [1.807, 2.05) is 13.8 Å². The van der Waals surface area contributed by atoms with E-state index in [0.29, 0.717) is 12.8 Å². The molecule has 13 heavy (non-hydrogen) atoms. The molecule has 0 saturated carbocycles. The summed E-state index contributed by atoms with van der Waals surface area (Å²) in [6.07, 6.45) is 0.687. The molecule has 0 aromatic heterocycles. The Labute approximate surface area is 79.5 Å². The molecule has 4 heteroatoms. The molecule has 0 aromatic carbocycles. The van der Waals surface area contributed by atoms with Crippen molar-refractivity contribution in [3.05, 3.63) is 0 Å². The van der Waals surface area contributed by atoms with Gasteiger partial charge in [0.1, 0.15) is 0 Å². The van der Waals surface area contributed by atoms with Crippen LogP contribution < -0.4 is 11.1 Å². The van der Waals surface area contributed by atoms with Crippen molar-refractivity contribution in [2.45, 2.75) is 45.3 Å². The maximum Gasteiger partial charge on any atom is 0.240 e. The van der Waals surface area contributed by atoms with Crippen LogP contribution >= 0.6 is 0 Å². The molecule has 0 aliphatic carbocycles. The standard InChI is InChI=1S/C9H20N2O2/c1-4-9(10,5-2)8(13)11-6-7(3)12/h7,12H,4-6,10H2,1-3H3,(H,11,13)/t7-/m0/s1. The normalized spacial score (nSPS) is 13.9. The first-order chi connectivity index (χ1) is 5.96. The van der Waals surface area contributed by atoms with Crippen molar-refractivity contribution in [2.75, 3.05) is 6.54 Å². The third kappa shape index (κ3) is 3.74. The van der Waals surface area contributed by atoms with Gasteiger partial charge in [-0.15, -0.1) is 0 Å². The summed E-state index contributed by atoms with van der Waals surface area (Å²) in [5.41, 5.74) is 5.05. The van der Waals surface area contributed by atoms with Crippen LogP contribution in [0.15, 0.2) is 0 Å². The summed E-state index contributed by atoms with van der Waals surface area (Å²) in [5.74, 6) is -0.182. The Kier molecular flexibility index (Phi) is 4.95. The number of hydrogen-bond donors (Lipinski definition) is 3. The predicted molar refractivity (Wildman–Crippen MR) is 52.2 cm³/mol. The molecule has 4 nitrogen and oxygen atoms in total. The van der Waals surface area contributed by atoms with Crippen LogP contribution in [0.2, 0.25) is 0 Å². The number of rotatable bonds is 5. The van der Waals surface area contributed by atoms with Crippen molar-refractivity contribution in [3.8, 4) is 0 Å². The van der Waals surface area contributed by atoms with E-state index in [-0.39, 0.29) is 12.5 Å². The lowest BCUT2D eigenvalue weighted by Gasteiger charge is -2.25. The van der Waals surface area contributed by atoms with Gasteiger partial charge in [-0.25, -0.2) is 0 Å². The molecule has 0 rings (SSSR count). The Hall–Kier alpha value is -0.610. The Morgan fingerprint density at radius 3 is 2.31 bits per heavy atom. The minimum Gasteiger partial charge on any atom is -0.392 e. The lowest BCUT2D eigenvalue weighted by molar-refractivity contribution is -0.127. The molecule has 1 amide bonds. The van der Waals surface area contributed by atoms with Crippen molar-refractivity contribution in [1.82, 2.24) is 5.32 Å². The van der Waals surface area contributed by atoms with Gasteiger partial charge in [0.25, 0.3) is 0 Å². The first-order valence-corrected chi connectivity index (χ1v) is 4.71. The highest BCUT2D eigenvalue weighted by Gasteiger charge is 2.29. The second kappa shape index (κ2) is 5.19. The van der Waals surface area contributed by atoms with Gasteiger partial charge in [0.15, 0.2) is 0 Å². The van der Waals surface area contributed by atoms with Gasteiger partial charge in [0.05, 0.1) is 11.6 Å². The van der Waals surface area contributed by atoms with Crippen LogP contribution in [0.25, 0.3) is 0 Å². The summed E-state index contributed by atoms with van der Waals surface area (Å²) in [5, 5.41) is 11.6. The third-order valence-electron chi connectivity index (χ3n) is 2.27. The minimum atomic E-state index is -0.783. The molecule has 0 aromatic rings. The zero-order valence-corrected chi connectivity index (χ0v) is 8.63. The fourth-order valence-electron chi connectivity index (χ4n) is 0.988. The van der Waals surface area contributed by atoms with Gasteiger partial charge in [0, 0.05) is 6.54 Å². The molecule has 1 atom stereocenters. The number of nitrogens with two attached hydrogens (primary N) is 1. The average molecular weight is 188 g/mol.